The van der Waals surface area contributed by atoms with Gasteiger partial charge in [-0.1, -0.05) is 0 Å². The summed E-state index contributed by atoms with van der Waals surface area (Å²) in [6, 6.07) is 5.35. The molecule has 1 fully saturated rings. The number of nitrogens with zero attached hydrogens (tertiary/aromatic N) is 1. The number of ether oxygens (including phenoxy) is 2. The number of hydrogen-bond acceptors (Lipinski definition) is 4. The summed E-state index contributed by atoms with van der Waals surface area (Å²) in [5, 5.41) is 9.23. The molecule has 21 heavy (non-hydrogen) atoms. The van der Waals surface area contributed by atoms with Crippen LogP contribution in [0.25, 0.3) is 6.08 Å². The van der Waals surface area contributed by atoms with Crippen molar-refractivity contribution in [1.82, 2.24) is 4.90 Å². The van der Waals surface area contributed by atoms with Crippen molar-refractivity contribution in [3.05, 3.63) is 29.3 Å². The number of fused-ring (bicyclic) bond motifs is 1. The van der Waals surface area contributed by atoms with E-state index < -0.39 is 5.97 Å². The zero-order valence-corrected chi connectivity index (χ0v) is 12.0. The van der Waals surface area contributed by atoms with E-state index in [0.29, 0.717) is 13.2 Å². The van der Waals surface area contributed by atoms with E-state index in [-0.39, 0.29) is 6.04 Å². The molecule has 0 amide bonds. The Bertz CT molecular complexity index is 582. The first kappa shape index (κ1) is 13.9. The van der Waals surface area contributed by atoms with Crippen molar-refractivity contribution in [2.75, 3.05) is 26.8 Å². The number of rotatable bonds is 4. The third-order valence-corrected chi connectivity index (χ3v) is 4.04. The summed E-state index contributed by atoms with van der Waals surface area (Å²) in [5.74, 6) is 0.905. The zero-order valence-electron chi connectivity index (χ0n) is 12.0. The molecule has 1 aromatic carbocycles. The number of carboxylic acids is 1. The van der Waals surface area contributed by atoms with Crippen LogP contribution in [0.3, 0.4) is 0 Å². The van der Waals surface area contributed by atoms with Crippen molar-refractivity contribution in [2.45, 2.75) is 18.9 Å². The standard InChI is InChI=1S/C16H19NO4/c1-20-13-4-5-15-12(8-13)7-11(10-21-15)9-17-6-2-3-14(17)16(18)19/h4-5,7-8,14H,2-3,6,9-10H2,1H3,(H,18,19)/t14-/m0/s1. The molecule has 112 valence electrons. The first-order valence-electron chi connectivity index (χ1n) is 7.14. The molecule has 0 unspecified atom stereocenters. The molecule has 5 heteroatoms. The monoisotopic (exact) mass is 289 g/mol. The van der Waals surface area contributed by atoms with E-state index in [1.54, 1.807) is 7.11 Å². The van der Waals surface area contributed by atoms with Gasteiger partial charge in [0.2, 0.25) is 0 Å². The molecular weight excluding hydrogens is 270 g/mol. The quantitative estimate of drug-likeness (QED) is 0.919. The van der Waals surface area contributed by atoms with Gasteiger partial charge in [-0.25, -0.2) is 0 Å². The fourth-order valence-electron chi connectivity index (χ4n) is 2.98. The molecular formula is C16H19NO4. The summed E-state index contributed by atoms with van der Waals surface area (Å²) in [6.07, 6.45) is 3.75. The number of aliphatic carboxylic acids is 1. The summed E-state index contributed by atoms with van der Waals surface area (Å²) >= 11 is 0. The Labute approximate surface area is 123 Å². The lowest BCUT2D eigenvalue weighted by atomic mass is 10.1. The van der Waals surface area contributed by atoms with Crippen LogP contribution in [0.15, 0.2) is 23.8 Å². The van der Waals surface area contributed by atoms with Crippen LogP contribution in [-0.4, -0.2) is 48.8 Å². The van der Waals surface area contributed by atoms with Crippen LogP contribution in [0.2, 0.25) is 0 Å². The number of hydrogen-bond donors (Lipinski definition) is 1. The predicted octanol–water partition coefficient (Wildman–Crippen LogP) is 2.02. The number of carbonyl (C=O) groups is 1. The highest BCUT2D eigenvalue weighted by atomic mass is 16.5. The summed E-state index contributed by atoms with van der Waals surface area (Å²) in [4.78, 5) is 13.2. The average Bonchev–Trinajstić information content (AvgIpc) is 2.94. The van der Waals surface area contributed by atoms with Crippen molar-refractivity contribution < 1.29 is 19.4 Å². The second-order valence-corrected chi connectivity index (χ2v) is 5.46. The number of benzene rings is 1. The lowest BCUT2D eigenvalue weighted by molar-refractivity contribution is -0.142. The molecule has 0 bridgehead atoms. The highest BCUT2D eigenvalue weighted by Crippen LogP contribution is 2.30. The molecule has 2 aliphatic rings. The third-order valence-electron chi connectivity index (χ3n) is 4.04. The average molecular weight is 289 g/mol. The van der Waals surface area contributed by atoms with E-state index >= 15 is 0 Å². The van der Waals surface area contributed by atoms with Crippen molar-refractivity contribution in [2.24, 2.45) is 0 Å². The maximum Gasteiger partial charge on any atom is 0.320 e. The van der Waals surface area contributed by atoms with Gasteiger partial charge in [0.25, 0.3) is 0 Å². The van der Waals surface area contributed by atoms with E-state index in [1.165, 1.54) is 0 Å². The normalized spacial score (nSPS) is 21.4. The van der Waals surface area contributed by atoms with Gasteiger partial charge in [0, 0.05) is 12.1 Å². The van der Waals surface area contributed by atoms with Crippen molar-refractivity contribution in [3.8, 4) is 11.5 Å². The maximum atomic E-state index is 11.2. The van der Waals surface area contributed by atoms with Crippen molar-refractivity contribution in [3.63, 3.8) is 0 Å². The molecule has 0 radical (unpaired) electrons. The second kappa shape index (κ2) is 5.77. The predicted molar refractivity (Wildman–Crippen MR) is 78.7 cm³/mol. The van der Waals surface area contributed by atoms with Gasteiger partial charge in [0.15, 0.2) is 0 Å². The first-order valence-corrected chi connectivity index (χ1v) is 7.14. The Kier molecular flexibility index (Phi) is 3.84. The topological polar surface area (TPSA) is 59.0 Å². The Balaban J connectivity index is 1.77. The molecule has 1 N–H and O–H groups in total. The van der Waals surface area contributed by atoms with E-state index in [9.17, 15) is 9.90 Å². The van der Waals surface area contributed by atoms with Gasteiger partial charge in [0.05, 0.1) is 7.11 Å². The molecule has 1 atom stereocenters. The van der Waals surface area contributed by atoms with Gasteiger partial charge < -0.3 is 14.6 Å². The van der Waals surface area contributed by atoms with Crippen LogP contribution < -0.4 is 9.47 Å². The Morgan fingerprint density at radius 3 is 3.14 bits per heavy atom. The SMILES string of the molecule is COc1ccc2c(c1)C=C(CN1CCC[C@H]1C(=O)O)CO2. The number of methoxy groups -OCH3 is 1. The highest BCUT2D eigenvalue weighted by molar-refractivity contribution is 5.74. The Morgan fingerprint density at radius 1 is 1.52 bits per heavy atom. The zero-order chi connectivity index (χ0) is 14.8. The number of likely N-dealkylation sites (tertiary alicyclic amines) is 1. The first-order chi connectivity index (χ1) is 10.2. The summed E-state index contributed by atoms with van der Waals surface area (Å²) in [5.41, 5.74) is 2.09. The van der Waals surface area contributed by atoms with E-state index in [0.717, 1.165) is 42.0 Å². The van der Waals surface area contributed by atoms with Gasteiger partial charge in [-0.3, -0.25) is 9.69 Å². The molecule has 0 aliphatic carbocycles. The minimum Gasteiger partial charge on any atom is -0.497 e. The van der Waals surface area contributed by atoms with Crippen molar-refractivity contribution >= 4 is 12.0 Å². The van der Waals surface area contributed by atoms with Gasteiger partial charge in [-0.15, -0.1) is 0 Å². The van der Waals surface area contributed by atoms with Gasteiger partial charge >= 0.3 is 5.97 Å². The highest BCUT2D eigenvalue weighted by Gasteiger charge is 2.31. The van der Waals surface area contributed by atoms with Gasteiger partial charge in [0.1, 0.15) is 24.1 Å². The maximum absolute atomic E-state index is 11.2. The minimum atomic E-state index is -0.730. The fourth-order valence-corrected chi connectivity index (χ4v) is 2.98. The fraction of sp³-hybridized carbons (Fsp3) is 0.438. The molecule has 2 heterocycles. The van der Waals surface area contributed by atoms with Crippen LogP contribution in [0.1, 0.15) is 18.4 Å². The third kappa shape index (κ3) is 2.88. The van der Waals surface area contributed by atoms with E-state index in [4.69, 9.17) is 9.47 Å². The minimum absolute atomic E-state index is 0.363. The smallest absolute Gasteiger partial charge is 0.320 e. The summed E-state index contributed by atoms with van der Waals surface area (Å²) in [6.45, 7) is 2.00. The Hall–Kier alpha value is -2.01. The molecule has 0 aromatic heterocycles. The molecule has 1 aromatic rings. The lowest BCUT2D eigenvalue weighted by Crippen LogP contribution is -2.38. The van der Waals surface area contributed by atoms with E-state index in [2.05, 4.69) is 6.08 Å². The van der Waals surface area contributed by atoms with Crippen LogP contribution in [0.5, 0.6) is 11.5 Å². The summed E-state index contributed by atoms with van der Waals surface area (Å²) < 4.78 is 11.0. The van der Waals surface area contributed by atoms with E-state index in [1.807, 2.05) is 23.1 Å². The van der Waals surface area contributed by atoms with Gasteiger partial charge in [-0.2, -0.15) is 0 Å². The lowest BCUT2D eigenvalue weighted by Gasteiger charge is -2.25. The number of carboxylic acid groups (broad SMARTS) is 1. The molecule has 0 saturated carbocycles. The van der Waals surface area contributed by atoms with Crippen LogP contribution in [0, 0.1) is 0 Å². The molecule has 2 aliphatic heterocycles. The molecule has 0 spiro atoms. The molecule has 3 rings (SSSR count). The van der Waals surface area contributed by atoms with Crippen LogP contribution >= 0.6 is 0 Å². The summed E-state index contributed by atoms with van der Waals surface area (Å²) in [7, 11) is 1.64. The van der Waals surface area contributed by atoms with Crippen molar-refractivity contribution in [1.29, 1.82) is 0 Å². The van der Waals surface area contributed by atoms with Crippen LogP contribution in [-0.2, 0) is 4.79 Å². The molecule has 1 saturated heterocycles. The second-order valence-electron chi connectivity index (χ2n) is 5.46. The molecule has 5 nitrogen and oxygen atoms in total. The van der Waals surface area contributed by atoms with Crippen LogP contribution in [0.4, 0.5) is 0 Å². The van der Waals surface area contributed by atoms with Gasteiger partial charge in [-0.05, 0) is 49.2 Å². The largest absolute Gasteiger partial charge is 0.497 e. The Morgan fingerprint density at radius 2 is 2.38 bits per heavy atom.